The van der Waals surface area contributed by atoms with E-state index in [2.05, 4.69) is 5.32 Å². The zero-order valence-electron chi connectivity index (χ0n) is 17.2. The van der Waals surface area contributed by atoms with Crippen LogP contribution in [0.2, 0.25) is 0 Å². The first-order valence-electron chi connectivity index (χ1n) is 10.2. The number of hydrogen-bond acceptors (Lipinski definition) is 4. The van der Waals surface area contributed by atoms with Crippen LogP contribution in [-0.2, 0) is 14.4 Å². The average Bonchev–Trinajstić information content (AvgIpc) is 3.27. The summed E-state index contributed by atoms with van der Waals surface area (Å²) in [5.74, 6) is -0.769. The van der Waals surface area contributed by atoms with Crippen molar-refractivity contribution >= 4 is 40.9 Å². The Balaban J connectivity index is 1.57. The molecule has 1 fully saturated rings. The summed E-state index contributed by atoms with van der Waals surface area (Å²) in [5, 5.41) is 2.07. The fourth-order valence-corrected chi connectivity index (χ4v) is 5.03. The van der Waals surface area contributed by atoms with Crippen molar-refractivity contribution in [2.75, 3.05) is 29.9 Å². The highest BCUT2D eigenvalue weighted by molar-refractivity contribution is 8.01. The summed E-state index contributed by atoms with van der Waals surface area (Å²) in [5.41, 5.74) is 3.41. The number of nitrogens with zero attached hydrogens (tertiary/aromatic N) is 2. The maximum absolute atomic E-state index is 13.3. The number of fused-ring (bicyclic) bond motifs is 1. The molecular weight excluding hydrogens is 398 g/mol. The van der Waals surface area contributed by atoms with Crippen LogP contribution in [0.15, 0.2) is 47.4 Å². The number of carbonyl (C=O) groups is 3. The van der Waals surface area contributed by atoms with Crippen LogP contribution in [0.5, 0.6) is 0 Å². The van der Waals surface area contributed by atoms with Gasteiger partial charge in [-0.2, -0.15) is 0 Å². The molecule has 7 heteroatoms. The van der Waals surface area contributed by atoms with Crippen LogP contribution in [0.25, 0.3) is 0 Å². The van der Waals surface area contributed by atoms with Crippen molar-refractivity contribution in [2.45, 2.75) is 36.8 Å². The number of benzene rings is 2. The van der Waals surface area contributed by atoms with Gasteiger partial charge in [-0.1, -0.05) is 24.3 Å². The third-order valence-electron chi connectivity index (χ3n) is 5.50. The van der Waals surface area contributed by atoms with Crippen molar-refractivity contribution in [3.63, 3.8) is 0 Å². The molecule has 2 aromatic rings. The summed E-state index contributed by atoms with van der Waals surface area (Å²) in [6, 6.07) is 13.3. The highest BCUT2D eigenvalue weighted by Gasteiger charge is 2.41. The Hall–Kier alpha value is -2.80. The first-order chi connectivity index (χ1) is 14.4. The van der Waals surface area contributed by atoms with Gasteiger partial charge in [-0.25, -0.2) is 0 Å². The normalized spacial score (nSPS) is 18.3. The lowest BCUT2D eigenvalue weighted by molar-refractivity contribution is -0.134. The molecule has 156 valence electrons. The minimum Gasteiger partial charge on any atom is -0.341 e. The summed E-state index contributed by atoms with van der Waals surface area (Å²) in [7, 11) is 0. The summed E-state index contributed by atoms with van der Waals surface area (Å²) < 4.78 is 0. The number of anilines is 2. The number of carbonyl (C=O) groups excluding carboxylic acids is 3. The molecule has 0 unspecified atom stereocenters. The number of rotatable bonds is 4. The maximum Gasteiger partial charge on any atom is 0.250 e. The van der Waals surface area contributed by atoms with E-state index >= 15 is 0 Å². The van der Waals surface area contributed by atoms with E-state index in [0.717, 1.165) is 34.6 Å². The number of amides is 3. The molecule has 1 atom stereocenters. The van der Waals surface area contributed by atoms with Gasteiger partial charge in [0.2, 0.25) is 11.8 Å². The van der Waals surface area contributed by atoms with Gasteiger partial charge in [0.25, 0.3) is 5.91 Å². The van der Waals surface area contributed by atoms with E-state index < -0.39 is 5.25 Å². The number of aryl methyl sites for hydroxylation is 2. The Morgan fingerprint density at radius 1 is 1.10 bits per heavy atom. The number of nitrogens with one attached hydrogen (secondary N) is 1. The van der Waals surface area contributed by atoms with Gasteiger partial charge in [0.15, 0.2) is 5.25 Å². The minimum atomic E-state index is -0.841. The Kier molecular flexibility index (Phi) is 5.81. The lowest BCUT2D eigenvalue weighted by Gasteiger charge is -2.34. The topological polar surface area (TPSA) is 69.7 Å². The molecule has 30 heavy (non-hydrogen) atoms. The van der Waals surface area contributed by atoms with Crippen molar-refractivity contribution in [3.8, 4) is 0 Å². The first-order valence-corrected chi connectivity index (χ1v) is 11.0. The molecule has 1 N–H and O–H groups in total. The van der Waals surface area contributed by atoms with E-state index in [1.54, 1.807) is 4.90 Å². The molecule has 0 spiro atoms. The summed E-state index contributed by atoms with van der Waals surface area (Å²) >= 11 is 1.29. The molecule has 2 aliphatic heterocycles. The quantitative estimate of drug-likeness (QED) is 0.766. The van der Waals surface area contributed by atoms with Crippen LogP contribution in [0.1, 0.15) is 24.0 Å². The highest BCUT2D eigenvalue weighted by atomic mass is 32.2. The van der Waals surface area contributed by atoms with E-state index in [-0.39, 0.29) is 24.3 Å². The molecule has 0 radical (unpaired) electrons. The summed E-state index contributed by atoms with van der Waals surface area (Å²) in [4.78, 5) is 43.1. The zero-order chi connectivity index (χ0) is 21.3. The molecule has 2 heterocycles. The maximum atomic E-state index is 13.3. The third kappa shape index (κ3) is 4.07. The number of thioether (sulfide) groups is 1. The van der Waals surface area contributed by atoms with E-state index in [0.29, 0.717) is 18.8 Å². The van der Waals surface area contributed by atoms with Gasteiger partial charge in [-0.3, -0.25) is 14.4 Å². The lowest BCUT2D eigenvalue weighted by atomic mass is 10.1. The van der Waals surface area contributed by atoms with Gasteiger partial charge in [0, 0.05) is 23.7 Å². The van der Waals surface area contributed by atoms with Crippen molar-refractivity contribution < 1.29 is 14.4 Å². The van der Waals surface area contributed by atoms with E-state index in [1.807, 2.05) is 56.3 Å². The number of likely N-dealkylation sites (tertiary alicyclic amines) is 1. The molecule has 0 aromatic heterocycles. The van der Waals surface area contributed by atoms with E-state index in [1.165, 1.54) is 16.7 Å². The monoisotopic (exact) mass is 423 g/mol. The average molecular weight is 424 g/mol. The molecular formula is C23H25N3O3S. The number of hydrogen-bond donors (Lipinski definition) is 1. The SMILES string of the molecule is Cc1ccc(C)c(NC(=O)CN2C(=O)[C@H](C(=O)N3CCCC3)Sc3ccccc32)c1. The van der Waals surface area contributed by atoms with Crippen LogP contribution < -0.4 is 10.2 Å². The third-order valence-corrected chi connectivity index (χ3v) is 6.74. The van der Waals surface area contributed by atoms with Gasteiger partial charge in [-0.05, 0) is 56.0 Å². The highest BCUT2D eigenvalue weighted by Crippen LogP contribution is 2.40. The largest absolute Gasteiger partial charge is 0.341 e. The Morgan fingerprint density at radius 2 is 1.83 bits per heavy atom. The molecule has 0 aliphatic carbocycles. The second-order valence-corrected chi connectivity index (χ2v) is 8.94. The lowest BCUT2D eigenvalue weighted by Crippen LogP contribution is -2.51. The first kappa shape index (κ1) is 20.5. The summed E-state index contributed by atoms with van der Waals surface area (Å²) in [6.07, 6.45) is 1.94. The van der Waals surface area contributed by atoms with E-state index in [9.17, 15) is 14.4 Å². The molecule has 6 nitrogen and oxygen atoms in total. The van der Waals surface area contributed by atoms with Crippen molar-refractivity contribution in [1.82, 2.24) is 4.90 Å². The van der Waals surface area contributed by atoms with Gasteiger partial charge in [0.05, 0.1) is 5.69 Å². The Morgan fingerprint density at radius 3 is 2.60 bits per heavy atom. The van der Waals surface area contributed by atoms with Gasteiger partial charge in [-0.15, -0.1) is 11.8 Å². The fraction of sp³-hybridized carbons (Fsp3) is 0.348. The number of para-hydroxylation sites is 1. The molecule has 2 aliphatic rings. The molecule has 0 bridgehead atoms. The molecule has 0 saturated carbocycles. The standard InChI is InChI=1S/C23H25N3O3S/c1-15-9-10-16(2)17(13-15)24-20(27)14-26-18-7-3-4-8-19(18)30-21(23(26)29)22(28)25-11-5-6-12-25/h3-4,7-10,13,21H,5-6,11-12,14H2,1-2H3,(H,24,27)/t21-/m0/s1. The van der Waals surface area contributed by atoms with Crippen LogP contribution >= 0.6 is 11.8 Å². The predicted octanol–water partition coefficient (Wildman–Crippen LogP) is 3.37. The minimum absolute atomic E-state index is 0.131. The zero-order valence-corrected chi connectivity index (χ0v) is 18.0. The fourth-order valence-electron chi connectivity index (χ4n) is 3.84. The Labute approximate surface area is 180 Å². The van der Waals surface area contributed by atoms with Crippen LogP contribution in [-0.4, -0.2) is 47.5 Å². The van der Waals surface area contributed by atoms with Crippen molar-refractivity contribution in [1.29, 1.82) is 0 Å². The van der Waals surface area contributed by atoms with Crippen LogP contribution in [0.3, 0.4) is 0 Å². The second-order valence-electron chi connectivity index (χ2n) is 7.79. The van der Waals surface area contributed by atoms with Gasteiger partial charge in [0.1, 0.15) is 6.54 Å². The second kappa shape index (κ2) is 8.52. The van der Waals surface area contributed by atoms with Crippen molar-refractivity contribution in [2.24, 2.45) is 0 Å². The van der Waals surface area contributed by atoms with E-state index in [4.69, 9.17) is 0 Å². The van der Waals surface area contributed by atoms with Gasteiger partial charge < -0.3 is 15.1 Å². The Bertz CT molecular complexity index is 1000. The van der Waals surface area contributed by atoms with Crippen LogP contribution in [0.4, 0.5) is 11.4 Å². The molecule has 3 amide bonds. The molecule has 1 saturated heterocycles. The van der Waals surface area contributed by atoms with Crippen molar-refractivity contribution in [3.05, 3.63) is 53.6 Å². The smallest absolute Gasteiger partial charge is 0.250 e. The predicted molar refractivity (Wildman–Crippen MR) is 119 cm³/mol. The van der Waals surface area contributed by atoms with Crippen LogP contribution in [0, 0.1) is 13.8 Å². The van der Waals surface area contributed by atoms with Gasteiger partial charge >= 0.3 is 0 Å². The molecule has 2 aromatic carbocycles. The molecule has 4 rings (SSSR count). The summed E-state index contributed by atoms with van der Waals surface area (Å²) in [6.45, 7) is 5.15.